The van der Waals surface area contributed by atoms with Gasteiger partial charge >= 0.3 is 0 Å². The highest BCUT2D eigenvalue weighted by molar-refractivity contribution is 7.91. The Labute approximate surface area is 149 Å². The molecule has 1 amide bonds. The zero-order chi connectivity index (χ0) is 16.6. The number of hydrogen-bond donors (Lipinski definition) is 1. The molecule has 0 unspecified atom stereocenters. The van der Waals surface area contributed by atoms with Crippen LogP contribution >= 0.6 is 34.5 Å². The zero-order valence-electron chi connectivity index (χ0n) is 12.4. The number of piperidine rings is 1. The third-order valence-corrected chi connectivity index (χ3v) is 7.73. The van der Waals surface area contributed by atoms with Crippen LogP contribution in [0, 0.1) is 0 Å². The number of sulfone groups is 1. The predicted molar refractivity (Wildman–Crippen MR) is 93.5 cm³/mol. The normalized spacial score (nSPS) is 25.6. The summed E-state index contributed by atoms with van der Waals surface area (Å²) in [5, 5.41) is 3.00. The molecule has 5 nitrogen and oxygen atoms in total. The number of thiophene rings is 1. The van der Waals surface area contributed by atoms with Crippen molar-refractivity contribution in [3.05, 3.63) is 20.3 Å². The van der Waals surface area contributed by atoms with Crippen LogP contribution in [0.15, 0.2) is 6.07 Å². The Bertz CT molecular complexity index is 697. The molecule has 0 aliphatic carbocycles. The number of amides is 1. The number of halogens is 2. The molecular formula is C14H18Cl2N2O3S2. The fraction of sp³-hybridized carbons (Fsp3) is 0.643. The van der Waals surface area contributed by atoms with Crippen LogP contribution in [-0.4, -0.2) is 55.9 Å². The summed E-state index contributed by atoms with van der Waals surface area (Å²) in [5.74, 6) is 0.374. The molecule has 1 aromatic rings. The van der Waals surface area contributed by atoms with Gasteiger partial charge in [-0.05, 0) is 25.3 Å². The lowest BCUT2D eigenvalue weighted by molar-refractivity contribution is 0.0898. The van der Waals surface area contributed by atoms with Gasteiger partial charge in [0.05, 0.1) is 21.4 Å². The van der Waals surface area contributed by atoms with Gasteiger partial charge in [0.15, 0.2) is 9.84 Å². The van der Waals surface area contributed by atoms with Gasteiger partial charge in [0.1, 0.15) is 4.34 Å². The fourth-order valence-electron chi connectivity index (χ4n) is 3.23. The summed E-state index contributed by atoms with van der Waals surface area (Å²) in [6.07, 6.45) is 2.36. The first-order valence-corrected chi connectivity index (χ1v) is 10.9. The van der Waals surface area contributed by atoms with E-state index in [-0.39, 0.29) is 23.7 Å². The quantitative estimate of drug-likeness (QED) is 0.851. The zero-order valence-corrected chi connectivity index (χ0v) is 15.6. The number of carbonyl (C=O) groups excluding carboxylic acids is 1. The summed E-state index contributed by atoms with van der Waals surface area (Å²) in [4.78, 5) is 14.5. The SMILES string of the molecule is O=C(NC1CCN([C@H]2CCS(=O)(=O)C2)CC1)c1cc(Cl)sc1Cl. The van der Waals surface area contributed by atoms with E-state index in [1.54, 1.807) is 6.07 Å². The Morgan fingerprint density at radius 3 is 2.48 bits per heavy atom. The van der Waals surface area contributed by atoms with Crippen molar-refractivity contribution in [2.75, 3.05) is 24.6 Å². The van der Waals surface area contributed by atoms with Crippen LogP contribution in [-0.2, 0) is 9.84 Å². The monoisotopic (exact) mass is 396 g/mol. The number of carbonyl (C=O) groups is 1. The van der Waals surface area contributed by atoms with E-state index < -0.39 is 9.84 Å². The molecule has 1 atom stereocenters. The second kappa shape index (κ2) is 6.88. The van der Waals surface area contributed by atoms with Crippen molar-refractivity contribution in [3.63, 3.8) is 0 Å². The first kappa shape index (κ1) is 17.5. The lowest BCUT2D eigenvalue weighted by atomic mass is 10.0. The Kier molecular flexibility index (Phi) is 5.23. The van der Waals surface area contributed by atoms with Gasteiger partial charge in [0, 0.05) is 25.2 Å². The molecule has 0 spiro atoms. The van der Waals surface area contributed by atoms with Gasteiger partial charge in [0.2, 0.25) is 0 Å². The molecule has 0 radical (unpaired) electrons. The summed E-state index contributed by atoms with van der Waals surface area (Å²) in [6, 6.07) is 1.82. The molecule has 0 saturated carbocycles. The molecule has 2 saturated heterocycles. The van der Waals surface area contributed by atoms with Crippen molar-refractivity contribution >= 4 is 50.3 Å². The van der Waals surface area contributed by atoms with E-state index in [4.69, 9.17) is 23.2 Å². The van der Waals surface area contributed by atoms with Gasteiger partial charge in [-0.2, -0.15) is 0 Å². The van der Waals surface area contributed by atoms with Crippen molar-refractivity contribution in [1.82, 2.24) is 10.2 Å². The molecule has 9 heteroatoms. The smallest absolute Gasteiger partial charge is 0.253 e. The predicted octanol–water partition coefficient (Wildman–Crippen LogP) is 2.44. The molecule has 1 N–H and O–H groups in total. The summed E-state index contributed by atoms with van der Waals surface area (Å²) in [5.41, 5.74) is 0.422. The third kappa shape index (κ3) is 4.20. The van der Waals surface area contributed by atoms with Gasteiger partial charge in [0.25, 0.3) is 5.91 Å². The van der Waals surface area contributed by atoms with Crippen molar-refractivity contribution in [3.8, 4) is 0 Å². The summed E-state index contributed by atoms with van der Waals surface area (Å²) < 4.78 is 24.1. The van der Waals surface area contributed by atoms with Crippen molar-refractivity contribution in [1.29, 1.82) is 0 Å². The van der Waals surface area contributed by atoms with E-state index in [0.29, 0.717) is 20.0 Å². The maximum Gasteiger partial charge on any atom is 0.253 e. The highest BCUT2D eigenvalue weighted by atomic mass is 35.5. The van der Waals surface area contributed by atoms with Crippen molar-refractivity contribution in [2.45, 2.75) is 31.3 Å². The highest BCUT2D eigenvalue weighted by Gasteiger charge is 2.34. The number of nitrogens with zero attached hydrogens (tertiary/aromatic N) is 1. The van der Waals surface area contributed by atoms with Crippen LogP contribution in [0.4, 0.5) is 0 Å². The Morgan fingerprint density at radius 2 is 1.96 bits per heavy atom. The lowest BCUT2D eigenvalue weighted by Crippen LogP contribution is -2.48. The van der Waals surface area contributed by atoms with Crippen molar-refractivity contribution in [2.24, 2.45) is 0 Å². The topological polar surface area (TPSA) is 66.5 Å². The number of likely N-dealkylation sites (tertiary alicyclic amines) is 1. The summed E-state index contributed by atoms with van der Waals surface area (Å²) >= 11 is 13.0. The minimum absolute atomic E-state index is 0.0894. The van der Waals surface area contributed by atoms with Crippen LogP contribution in [0.25, 0.3) is 0 Å². The Hall–Kier alpha value is -0.340. The van der Waals surface area contributed by atoms with Gasteiger partial charge < -0.3 is 5.32 Å². The fourth-order valence-corrected chi connectivity index (χ4v) is 6.45. The third-order valence-electron chi connectivity index (χ3n) is 4.49. The average molecular weight is 397 g/mol. The van der Waals surface area contributed by atoms with Gasteiger partial charge in [-0.3, -0.25) is 9.69 Å². The number of rotatable bonds is 3. The van der Waals surface area contributed by atoms with Crippen LogP contribution in [0.3, 0.4) is 0 Å². The molecule has 23 heavy (non-hydrogen) atoms. The van der Waals surface area contributed by atoms with Crippen LogP contribution in [0.5, 0.6) is 0 Å². The van der Waals surface area contributed by atoms with Crippen LogP contribution in [0.2, 0.25) is 8.67 Å². The largest absolute Gasteiger partial charge is 0.349 e. The van der Waals surface area contributed by atoms with E-state index in [1.807, 2.05) is 0 Å². The first-order chi connectivity index (χ1) is 10.8. The van der Waals surface area contributed by atoms with Crippen molar-refractivity contribution < 1.29 is 13.2 Å². The minimum Gasteiger partial charge on any atom is -0.349 e. The maximum atomic E-state index is 12.2. The minimum atomic E-state index is -2.85. The molecule has 128 valence electrons. The first-order valence-electron chi connectivity index (χ1n) is 7.54. The molecular weight excluding hydrogens is 379 g/mol. The van der Waals surface area contributed by atoms with E-state index >= 15 is 0 Å². The second-order valence-electron chi connectivity index (χ2n) is 6.08. The molecule has 2 aliphatic heterocycles. The molecule has 0 bridgehead atoms. The number of hydrogen-bond acceptors (Lipinski definition) is 5. The molecule has 2 fully saturated rings. The summed E-state index contributed by atoms with van der Waals surface area (Å²) in [7, 11) is -2.85. The van der Waals surface area contributed by atoms with Gasteiger partial charge in [-0.25, -0.2) is 8.42 Å². The Balaban J connectivity index is 1.51. The van der Waals surface area contributed by atoms with E-state index in [2.05, 4.69) is 10.2 Å². The molecule has 1 aromatic heterocycles. The highest BCUT2D eigenvalue weighted by Crippen LogP contribution is 2.31. The van der Waals surface area contributed by atoms with Gasteiger partial charge in [-0.15, -0.1) is 11.3 Å². The van der Waals surface area contributed by atoms with Gasteiger partial charge in [-0.1, -0.05) is 23.2 Å². The standard InChI is InChI=1S/C14H18Cl2N2O3S2/c15-12-7-11(13(16)22-12)14(19)17-9-1-4-18(5-2-9)10-3-6-23(20,21)8-10/h7,9-10H,1-6,8H2,(H,17,19)/t10-/m0/s1. The molecule has 3 heterocycles. The lowest BCUT2D eigenvalue weighted by Gasteiger charge is -2.35. The molecule has 3 rings (SSSR count). The van der Waals surface area contributed by atoms with Crippen LogP contribution in [0.1, 0.15) is 29.6 Å². The summed E-state index contributed by atoms with van der Waals surface area (Å²) in [6.45, 7) is 1.62. The molecule has 0 aromatic carbocycles. The number of nitrogens with one attached hydrogen (secondary N) is 1. The second-order valence-corrected chi connectivity index (χ2v) is 10.6. The van der Waals surface area contributed by atoms with E-state index in [1.165, 1.54) is 11.3 Å². The van der Waals surface area contributed by atoms with E-state index in [9.17, 15) is 13.2 Å². The van der Waals surface area contributed by atoms with Crippen LogP contribution < -0.4 is 5.32 Å². The van der Waals surface area contributed by atoms with E-state index in [0.717, 1.165) is 32.4 Å². The Morgan fingerprint density at radius 1 is 1.26 bits per heavy atom. The average Bonchev–Trinajstić information content (AvgIpc) is 3.01. The maximum absolute atomic E-state index is 12.2. The molecule has 2 aliphatic rings.